The van der Waals surface area contributed by atoms with Crippen molar-refractivity contribution in [3.8, 4) is 0 Å². The zero-order chi connectivity index (χ0) is 17.1. The molecule has 0 radical (unpaired) electrons. The smallest absolute Gasteiger partial charge is 0.335 e. The maximum Gasteiger partial charge on any atom is 0.335 e. The summed E-state index contributed by atoms with van der Waals surface area (Å²) in [6.45, 7) is 6.24. The van der Waals surface area contributed by atoms with Crippen LogP contribution in [-0.4, -0.2) is 31.0 Å². The minimum absolute atomic E-state index is 0.209. The molecule has 23 heavy (non-hydrogen) atoms. The predicted octanol–water partition coefficient (Wildman–Crippen LogP) is 3.86. The molecule has 122 valence electrons. The summed E-state index contributed by atoms with van der Waals surface area (Å²) < 4.78 is 4.97. The zero-order valence-corrected chi connectivity index (χ0v) is 13.5. The van der Waals surface area contributed by atoms with Gasteiger partial charge in [0.2, 0.25) is 0 Å². The first-order valence-electron chi connectivity index (χ1n) is 7.20. The second kappa shape index (κ2) is 10.1. The number of anilines is 1. The first kappa shape index (κ1) is 18.4. The fourth-order valence-electron chi connectivity index (χ4n) is 1.81. The molecule has 0 aromatic heterocycles. The molecule has 0 amide bonds. The van der Waals surface area contributed by atoms with Crippen LogP contribution in [0.5, 0.6) is 0 Å². The van der Waals surface area contributed by atoms with Crippen LogP contribution in [-0.2, 0) is 4.74 Å². The van der Waals surface area contributed by atoms with E-state index in [4.69, 9.17) is 9.84 Å². The first-order chi connectivity index (χ1) is 11.1. The highest BCUT2D eigenvalue weighted by Crippen LogP contribution is 2.17. The van der Waals surface area contributed by atoms with Gasteiger partial charge in [0.15, 0.2) is 0 Å². The van der Waals surface area contributed by atoms with Crippen LogP contribution in [0.15, 0.2) is 65.9 Å². The second-order valence-corrected chi connectivity index (χ2v) is 4.61. The van der Waals surface area contributed by atoms with Gasteiger partial charge in [0, 0.05) is 25.9 Å². The standard InChI is InChI=1S/C18H22N2O3/c1-4-15(8-7-13-23-3)11-12-19-20(5-2)17-10-6-9-16(14-17)18(21)22/h4-10,12,14H,2,11,13H2,1,3H3,(H,21,22)/b8-7-,15-4+,19-12-. The topological polar surface area (TPSA) is 62.1 Å². The van der Waals surface area contributed by atoms with Gasteiger partial charge in [-0.25, -0.2) is 9.80 Å². The summed E-state index contributed by atoms with van der Waals surface area (Å²) in [4.78, 5) is 11.0. The summed E-state index contributed by atoms with van der Waals surface area (Å²) in [6.07, 6.45) is 9.86. The predicted molar refractivity (Wildman–Crippen MR) is 94.0 cm³/mol. The van der Waals surface area contributed by atoms with E-state index in [0.29, 0.717) is 18.7 Å². The molecule has 0 saturated heterocycles. The average Bonchev–Trinajstić information content (AvgIpc) is 2.57. The van der Waals surface area contributed by atoms with Gasteiger partial charge >= 0.3 is 5.97 Å². The van der Waals surface area contributed by atoms with Gasteiger partial charge in [-0.1, -0.05) is 30.9 Å². The van der Waals surface area contributed by atoms with Crippen LogP contribution in [0.2, 0.25) is 0 Å². The molecule has 0 aliphatic carbocycles. The second-order valence-electron chi connectivity index (χ2n) is 4.61. The van der Waals surface area contributed by atoms with Crippen molar-refractivity contribution < 1.29 is 14.6 Å². The lowest BCUT2D eigenvalue weighted by atomic mass is 10.2. The van der Waals surface area contributed by atoms with E-state index >= 15 is 0 Å². The lowest BCUT2D eigenvalue weighted by Crippen LogP contribution is -2.08. The molecule has 0 fully saturated rings. The molecule has 1 rings (SSSR count). The number of nitrogens with zero attached hydrogens (tertiary/aromatic N) is 2. The SMILES string of the molecule is C=CN(/N=C\CC(/C=C\COC)=C/C)c1cccc(C(=O)O)c1. The van der Waals surface area contributed by atoms with Crippen molar-refractivity contribution in [3.05, 3.63) is 66.4 Å². The third kappa shape index (κ3) is 6.32. The molecule has 0 aliphatic heterocycles. The Balaban J connectivity index is 2.77. The van der Waals surface area contributed by atoms with Crippen molar-refractivity contribution in [2.24, 2.45) is 5.10 Å². The monoisotopic (exact) mass is 314 g/mol. The van der Waals surface area contributed by atoms with Crippen LogP contribution in [0.25, 0.3) is 0 Å². The highest BCUT2D eigenvalue weighted by Gasteiger charge is 2.06. The van der Waals surface area contributed by atoms with Crippen LogP contribution in [0.3, 0.4) is 0 Å². The maximum absolute atomic E-state index is 11.0. The summed E-state index contributed by atoms with van der Waals surface area (Å²) in [6, 6.07) is 6.54. The summed E-state index contributed by atoms with van der Waals surface area (Å²) in [5, 5.41) is 14.9. The van der Waals surface area contributed by atoms with Gasteiger partial charge in [0.25, 0.3) is 0 Å². The number of carboxylic acids is 1. The minimum atomic E-state index is -0.973. The molecular weight excluding hydrogens is 292 g/mol. The summed E-state index contributed by atoms with van der Waals surface area (Å²) in [7, 11) is 1.65. The minimum Gasteiger partial charge on any atom is -0.478 e. The number of hydrogen-bond acceptors (Lipinski definition) is 4. The van der Waals surface area contributed by atoms with E-state index in [1.165, 1.54) is 12.3 Å². The lowest BCUT2D eigenvalue weighted by Gasteiger charge is -2.14. The fraction of sp³-hybridized carbons (Fsp3) is 0.222. The molecule has 0 aliphatic rings. The van der Waals surface area contributed by atoms with Gasteiger partial charge in [-0.15, -0.1) is 0 Å². The Bertz CT molecular complexity index is 618. The van der Waals surface area contributed by atoms with Gasteiger partial charge in [0.05, 0.1) is 17.9 Å². The quantitative estimate of drug-likeness (QED) is 0.427. The van der Waals surface area contributed by atoms with E-state index in [-0.39, 0.29) is 5.56 Å². The number of hydrazone groups is 1. The van der Waals surface area contributed by atoms with Crippen molar-refractivity contribution in [1.29, 1.82) is 0 Å². The lowest BCUT2D eigenvalue weighted by molar-refractivity contribution is 0.0697. The zero-order valence-electron chi connectivity index (χ0n) is 13.5. The molecule has 1 N–H and O–H groups in total. The van der Waals surface area contributed by atoms with Crippen molar-refractivity contribution in [1.82, 2.24) is 0 Å². The highest BCUT2D eigenvalue weighted by atomic mass is 16.5. The molecule has 0 spiro atoms. The Labute approximate surface area is 136 Å². The van der Waals surface area contributed by atoms with Gasteiger partial charge < -0.3 is 9.84 Å². The third-order valence-corrected chi connectivity index (χ3v) is 3.03. The van der Waals surface area contributed by atoms with Crippen LogP contribution in [0, 0.1) is 0 Å². The number of carboxylic acid groups (broad SMARTS) is 1. The van der Waals surface area contributed by atoms with Crippen molar-refractivity contribution in [3.63, 3.8) is 0 Å². The number of hydrogen-bond donors (Lipinski definition) is 1. The van der Waals surface area contributed by atoms with Crippen molar-refractivity contribution >= 4 is 17.9 Å². The molecule has 0 heterocycles. The van der Waals surface area contributed by atoms with Gasteiger partial charge in [-0.3, -0.25) is 0 Å². The summed E-state index contributed by atoms with van der Waals surface area (Å²) in [5.74, 6) is -0.973. The van der Waals surface area contributed by atoms with Crippen LogP contribution < -0.4 is 5.01 Å². The average molecular weight is 314 g/mol. The number of allylic oxidation sites excluding steroid dienone is 3. The van der Waals surface area contributed by atoms with Gasteiger partial charge in [-0.05, 0) is 30.7 Å². The maximum atomic E-state index is 11.0. The Morgan fingerprint density at radius 3 is 2.87 bits per heavy atom. The number of methoxy groups -OCH3 is 1. The Kier molecular flexibility index (Phi) is 8.10. The van der Waals surface area contributed by atoms with E-state index in [9.17, 15) is 4.79 Å². The van der Waals surface area contributed by atoms with Crippen LogP contribution >= 0.6 is 0 Å². The number of rotatable bonds is 9. The van der Waals surface area contributed by atoms with E-state index in [1.54, 1.807) is 36.5 Å². The molecule has 0 bridgehead atoms. The number of aromatic carboxylic acids is 1. The Morgan fingerprint density at radius 1 is 1.48 bits per heavy atom. The van der Waals surface area contributed by atoms with E-state index in [1.807, 2.05) is 25.2 Å². The van der Waals surface area contributed by atoms with Gasteiger partial charge in [-0.2, -0.15) is 5.10 Å². The largest absolute Gasteiger partial charge is 0.478 e. The third-order valence-electron chi connectivity index (χ3n) is 3.03. The van der Waals surface area contributed by atoms with Crippen molar-refractivity contribution in [2.45, 2.75) is 13.3 Å². The molecule has 5 heteroatoms. The van der Waals surface area contributed by atoms with E-state index in [2.05, 4.69) is 11.7 Å². The Morgan fingerprint density at radius 2 is 2.26 bits per heavy atom. The molecule has 0 unspecified atom stereocenters. The van der Waals surface area contributed by atoms with Crippen molar-refractivity contribution in [2.75, 3.05) is 18.7 Å². The number of ether oxygens (including phenoxy) is 1. The summed E-state index contributed by atoms with van der Waals surface area (Å²) >= 11 is 0. The molecule has 5 nitrogen and oxygen atoms in total. The fourth-order valence-corrected chi connectivity index (χ4v) is 1.81. The molecule has 0 atom stereocenters. The van der Waals surface area contributed by atoms with E-state index in [0.717, 1.165) is 5.57 Å². The summed E-state index contributed by atoms with van der Waals surface area (Å²) in [5.41, 5.74) is 1.96. The molecule has 1 aromatic carbocycles. The van der Waals surface area contributed by atoms with Crippen LogP contribution in [0.1, 0.15) is 23.7 Å². The highest BCUT2D eigenvalue weighted by molar-refractivity contribution is 5.88. The first-order valence-corrected chi connectivity index (χ1v) is 7.20. The number of carbonyl (C=O) groups is 1. The molecular formula is C18H22N2O3. The van der Waals surface area contributed by atoms with Crippen LogP contribution in [0.4, 0.5) is 5.69 Å². The normalized spacial score (nSPS) is 12.0. The number of benzene rings is 1. The molecule has 0 saturated carbocycles. The molecule has 1 aromatic rings. The van der Waals surface area contributed by atoms with E-state index < -0.39 is 5.97 Å². The Hall–Kier alpha value is -2.66. The van der Waals surface area contributed by atoms with Gasteiger partial charge in [0.1, 0.15) is 0 Å².